The van der Waals surface area contributed by atoms with Gasteiger partial charge in [-0.25, -0.2) is 0 Å². The lowest BCUT2D eigenvalue weighted by Gasteiger charge is -2.12. The van der Waals surface area contributed by atoms with Crippen molar-refractivity contribution >= 4 is 23.2 Å². The molecule has 0 saturated carbocycles. The fourth-order valence-corrected chi connectivity index (χ4v) is 1.72. The van der Waals surface area contributed by atoms with Crippen molar-refractivity contribution in [1.29, 1.82) is 0 Å². The zero-order chi connectivity index (χ0) is 14.3. The largest absolute Gasteiger partial charge is 0.362 e. The number of hydrogen-bond acceptors (Lipinski definition) is 3. The van der Waals surface area contributed by atoms with Crippen LogP contribution in [-0.4, -0.2) is 43.1 Å². The lowest BCUT2D eigenvalue weighted by atomic mass is 10.1. The predicted octanol–water partition coefficient (Wildman–Crippen LogP) is 1.55. The molecule has 19 heavy (non-hydrogen) atoms. The minimum Gasteiger partial charge on any atom is -0.362 e. The number of carbonyl (C=O) groups excluding carboxylic acids is 1. The Balaban J connectivity index is 2.32. The Morgan fingerprint density at radius 1 is 1.26 bits per heavy atom. The monoisotopic (exact) mass is 279 g/mol. The molecule has 5 heteroatoms. The number of amides is 1. The highest BCUT2D eigenvalue weighted by molar-refractivity contribution is 7.80. The van der Waals surface area contributed by atoms with E-state index < -0.39 is 0 Å². The Kier molecular flexibility index (Phi) is 6.45. The molecule has 2 N–H and O–H groups in total. The van der Waals surface area contributed by atoms with Crippen LogP contribution in [0.5, 0.6) is 0 Å². The third-order valence-electron chi connectivity index (χ3n) is 2.61. The van der Waals surface area contributed by atoms with Gasteiger partial charge in [-0.2, -0.15) is 0 Å². The van der Waals surface area contributed by atoms with Crippen LogP contribution in [0.15, 0.2) is 24.3 Å². The van der Waals surface area contributed by atoms with Crippen LogP contribution in [0.25, 0.3) is 0 Å². The summed E-state index contributed by atoms with van der Waals surface area (Å²) in [6, 6.07) is 7.39. The second-order valence-corrected chi connectivity index (χ2v) is 5.14. The van der Waals surface area contributed by atoms with E-state index in [1.54, 1.807) is 12.1 Å². The molecular weight excluding hydrogens is 258 g/mol. The standard InChI is InChI=1S/C14H21N3OS/c1-11-5-7-12(8-6-11)13(18)16-14(19)15-9-4-10-17(2)3/h5-8H,4,9-10H2,1-3H3,(H2,15,16,18,19). The van der Waals surface area contributed by atoms with Crippen LogP contribution in [0.4, 0.5) is 0 Å². The van der Waals surface area contributed by atoms with Gasteiger partial charge in [-0.3, -0.25) is 10.1 Å². The van der Waals surface area contributed by atoms with Crippen molar-refractivity contribution in [2.45, 2.75) is 13.3 Å². The molecular formula is C14H21N3OS. The smallest absolute Gasteiger partial charge is 0.257 e. The average molecular weight is 279 g/mol. The number of benzene rings is 1. The van der Waals surface area contributed by atoms with Gasteiger partial charge >= 0.3 is 0 Å². The maximum absolute atomic E-state index is 11.9. The maximum atomic E-state index is 11.9. The van der Waals surface area contributed by atoms with Crippen LogP contribution in [-0.2, 0) is 0 Å². The molecule has 0 spiro atoms. The lowest BCUT2D eigenvalue weighted by Crippen LogP contribution is -2.40. The summed E-state index contributed by atoms with van der Waals surface area (Å²) in [5, 5.41) is 6.07. The Bertz CT molecular complexity index is 429. The molecule has 0 aliphatic carbocycles. The van der Waals surface area contributed by atoms with Gasteiger partial charge in [0.05, 0.1) is 0 Å². The van der Waals surface area contributed by atoms with E-state index in [1.807, 2.05) is 33.2 Å². The molecule has 1 aromatic carbocycles. The van der Waals surface area contributed by atoms with Crippen LogP contribution in [0, 0.1) is 6.92 Å². The van der Waals surface area contributed by atoms with Crippen LogP contribution in [0.1, 0.15) is 22.3 Å². The van der Waals surface area contributed by atoms with Gasteiger partial charge in [-0.1, -0.05) is 17.7 Å². The third kappa shape index (κ3) is 6.31. The normalized spacial score (nSPS) is 10.3. The molecule has 0 aliphatic rings. The summed E-state index contributed by atoms with van der Waals surface area (Å²) < 4.78 is 0. The van der Waals surface area contributed by atoms with Gasteiger partial charge in [0.15, 0.2) is 5.11 Å². The number of hydrogen-bond donors (Lipinski definition) is 2. The molecule has 0 saturated heterocycles. The van der Waals surface area contributed by atoms with Crippen molar-refractivity contribution < 1.29 is 4.79 Å². The van der Waals surface area contributed by atoms with E-state index in [0.717, 1.165) is 25.1 Å². The fourth-order valence-electron chi connectivity index (χ4n) is 1.52. The molecule has 104 valence electrons. The molecule has 0 aliphatic heterocycles. The van der Waals surface area contributed by atoms with E-state index in [4.69, 9.17) is 12.2 Å². The van der Waals surface area contributed by atoms with E-state index in [2.05, 4.69) is 15.5 Å². The lowest BCUT2D eigenvalue weighted by molar-refractivity contribution is 0.0976. The number of thiocarbonyl (C=S) groups is 1. The summed E-state index contributed by atoms with van der Waals surface area (Å²) >= 11 is 5.08. The van der Waals surface area contributed by atoms with Crippen molar-refractivity contribution in [1.82, 2.24) is 15.5 Å². The van der Waals surface area contributed by atoms with E-state index in [-0.39, 0.29) is 5.91 Å². The highest BCUT2D eigenvalue weighted by atomic mass is 32.1. The van der Waals surface area contributed by atoms with Crippen molar-refractivity contribution in [3.05, 3.63) is 35.4 Å². The molecule has 4 nitrogen and oxygen atoms in total. The molecule has 0 atom stereocenters. The number of carbonyl (C=O) groups is 1. The minimum atomic E-state index is -0.176. The molecule has 1 amide bonds. The Labute approximate surface area is 120 Å². The molecule has 1 aromatic rings. The van der Waals surface area contributed by atoms with Crippen LogP contribution in [0.3, 0.4) is 0 Å². The van der Waals surface area contributed by atoms with E-state index in [1.165, 1.54) is 0 Å². The third-order valence-corrected chi connectivity index (χ3v) is 2.85. The first kappa shape index (κ1) is 15.6. The van der Waals surface area contributed by atoms with E-state index >= 15 is 0 Å². The summed E-state index contributed by atoms with van der Waals surface area (Å²) in [4.78, 5) is 14.0. The number of nitrogens with one attached hydrogen (secondary N) is 2. The van der Waals surface area contributed by atoms with Crippen LogP contribution < -0.4 is 10.6 Å². The zero-order valence-electron chi connectivity index (χ0n) is 11.7. The summed E-state index contributed by atoms with van der Waals surface area (Å²) in [7, 11) is 4.05. The number of nitrogens with zero attached hydrogens (tertiary/aromatic N) is 1. The second kappa shape index (κ2) is 7.86. The highest BCUT2D eigenvalue weighted by Gasteiger charge is 2.06. The summed E-state index contributed by atoms with van der Waals surface area (Å²) in [5.41, 5.74) is 1.74. The van der Waals surface area contributed by atoms with Gasteiger partial charge in [0.2, 0.25) is 0 Å². The van der Waals surface area contributed by atoms with Gasteiger partial charge in [0, 0.05) is 12.1 Å². The molecule has 0 aromatic heterocycles. The first-order valence-corrected chi connectivity index (χ1v) is 6.70. The van der Waals surface area contributed by atoms with Crippen LogP contribution >= 0.6 is 12.2 Å². The Hall–Kier alpha value is -1.46. The SMILES string of the molecule is Cc1ccc(C(=O)NC(=S)NCCCN(C)C)cc1. The first-order valence-electron chi connectivity index (χ1n) is 6.29. The van der Waals surface area contributed by atoms with Crippen LogP contribution in [0.2, 0.25) is 0 Å². The van der Waals surface area contributed by atoms with Gasteiger partial charge in [0.1, 0.15) is 0 Å². The molecule has 0 fully saturated rings. The summed E-state index contributed by atoms with van der Waals surface area (Å²) in [5.74, 6) is -0.176. The van der Waals surface area contributed by atoms with Gasteiger partial charge < -0.3 is 10.2 Å². The highest BCUT2D eigenvalue weighted by Crippen LogP contribution is 2.02. The molecule has 0 bridgehead atoms. The van der Waals surface area contributed by atoms with Gasteiger partial charge in [0.25, 0.3) is 5.91 Å². The number of aryl methyl sites for hydroxylation is 1. The quantitative estimate of drug-likeness (QED) is 0.634. The molecule has 0 radical (unpaired) electrons. The summed E-state index contributed by atoms with van der Waals surface area (Å²) in [6.07, 6.45) is 0.980. The van der Waals surface area contributed by atoms with Crippen molar-refractivity contribution in [2.24, 2.45) is 0 Å². The van der Waals surface area contributed by atoms with E-state index in [9.17, 15) is 4.79 Å². The first-order chi connectivity index (χ1) is 8.99. The fraction of sp³-hybridized carbons (Fsp3) is 0.429. The van der Waals surface area contributed by atoms with Crippen molar-refractivity contribution in [2.75, 3.05) is 27.2 Å². The average Bonchev–Trinajstić information content (AvgIpc) is 2.35. The topological polar surface area (TPSA) is 44.4 Å². The Morgan fingerprint density at radius 3 is 2.47 bits per heavy atom. The predicted molar refractivity (Wildman–Crippen MR) is 82.4 cm³/mol. The minimum absolute atomic E-state index is 0.176. The zero-order valence-corrected chi connectivity index (χ0v) is 12.5. The number of rotatable bonds is 5. The maximum Gasteiger partial charge on any atom is 0.257 e. The summed E-state index contributed by atoms with van der Waals surface area (Å²) in [6.45, 7) is 3.73. The van der Waals surface area contributed by atoms with Gasteiger partial charge in [-0.15, -0.1) is 0 Å². The van der Waals surface area contributed by atoms with Gasteiger partial charge in [-0.05, 0) is 58.3 Å². The molecule has 1 rings (SSSR count). The van der Waals surface area contributed by atoms with Crippen molar-refractivity contribution in [3.8, 4) is 0 Å². The Morgan fingerprint density at radius 2 is 1.89 bits per heavy atom. The molecule has 0 unspecified atom stereocenters. The van der Waals surface area contributed by atoms with E-state index in [0.29, 0.717) is 10.7 Å². The second-order valence-electron chi connectivity index (χ2n) is 4.73. The van der Waals surface area contributed by atoms with Crippen molar-refractivity contribution in [3.63, 3.8) is 0 Å². The molecule has 0 heterocycles.